The first kappa shape index (κ1) is 22.7. The number of carbonyl (C=O) groups is 2. The number of nitrogens with zero attached hydrogens (tertiary/aromatic N) is 1. The Hall–Kier alpha value is -2.46. The molecule has 3 N–H and O–H groups in total. The number of aliphatic hydroxyl groups is 2. The second kappa shape index (κ2) is 9.99. The van der Waals surface area contributed by atoms with Crippen LogP contribution in [-0.2, 0) is 19.1 Å². The Labute approximate surface area is 186 Å². The zero-order chi connectivity index (χ0) is 22.7. The second-order valence-electron chi connectivity index (χ2n) is 8.21. The van der Waals surface area contributed by atoms with Gasteiger partial charge in [-0.05, 0) is 25.0 Å². The van der Waals surface area contributed by atoms with Crippen LogP contribution in [0.3, 0.4) is 0 Å². The van der Waals surface area contributed by atoms with Crippen LogP contribution in [0.5, 0.6) is 5.75 Å². The summed E-state index contributed by atoms with van der Waals surface area (Å²) in [5.74, 6) is -0.457. The molecule has 0 bridgehead atoms. The van der Waals surface area contributed by atoms with E-state index >= 15 is 0 Å². The van der Waals surface area contributed by atoms with Crippen molar-refractivity contribution in [3.8, 4) is 5.75 Å². The van der Waals surface area contributed by atoms with Gasteiger partial charge in [0.05, 0.1) is 25.2 Å². The summed E-state index contributed by atoms with van der Waals surface area (Å²) in [4.78, 5) is 27.9. The minimum absolute atomic E-state index is 0.103. The molecule has 9 heteroatoms. The summed E-state index contributed by atoms with van der Waals surface area (Å²) in [7, 11) is 1.54. The molecule has 174 valence electrons. The zero-order valence-electron chi connectivity index (χ0n) is 18.1. The largest absolute Gasteiger partial charge is 0.486 e. The van der Waals surface area contributed by atoms with Crippen molar-refractivity contribution in [2.24, 2.45) is 0 Å². The van der Waals surface area contributed by atoms with Crippen LogP contribution in [-0.4, -0.2) is 91.3 Å². The first-order valence-corrected chi connectivity index (χ1v) is 11.0. The minimum Gasteiger partial charge on any atom is -0.486 e. The summed E-state index contributed by atoms with van der Waals surface area (Å²) >= 11 is 0. The van der Waals surface area contributed by atoms with E-state index in [4.69, 9.17) is 19.3 Å². The Balaban J connectivity index is 1.71. The van der Waals surface area contributed by atoms with Crippen molar-refractivity contribution in [2.45, 2.75) is 43.1 Å². The molecule has 1 saturated heterocycles. The highest BCUT2D eigenvalue weighted by atomic mass is 16.5. The normalized spacial score (nSPS) is 28.3. The van der Waals surface area contributed by atoms with Gasteiger partial charge in [0.15, 0.2) is 0 Å². The number of ether oxygens (including phenoxy) is 3. The van der Waals surface area contributed by atoms with Crippen molar-refractivity contribution < 1.29 is 34.0 Å². The number of para-hydroxylation sites is 1. The number of amides is 2. The fourth-order valence-electron chi connectivity index (χ4n) is 4.74. The van der Waals surface area contributed by atoms with Gasteiger partial charge < -0.3 is 34.6 Å². The molecule has 0 spiro atoms. The van der Waals surface area contributed by atoms with Gasteiger partial charge in [0.25, 0.3) is 5.91 Å². The van der Waals surface area contributed by atoms with E-state index in [0.29, 0.717) is 24.4 Å². The summed E-state index contributed by atoms with van der Waals surface area (Å²) in [5.41, 5.74) is 1.22. The van der Waals surface area contributed by atoms with Crippen molar-refractivity contribution in [1.82, 2.24) is 10.2 Å². The van der Waals surface area contributed by atoms with E-state index in [1.807, 2.05) is 18.2 Å². The molecule has 5 atom stereocenters. The van der Waals surface area contributed by atoms with Crippen molar-refractivity contribution in [1.29, 1.82) is 0 Å². The maximum atomic E-state index is 13.3. The Morgan fingerprint density at radius 1 is 1.31 bits per heavy atom. The third kappa shape index (κ3) is 4.25. The molecule has 2 aliphatic heterocycles. The quantitative estimate of drug-likeness (QED) is 0.513. The fraction of sp³-hybridized carbons (Fsp3) is 0.565. The highest BCUT2D eigenvalue weighted by Gasteiger charge is 2.50. The Morgan fingerprint density at radius 3 is 2.84 bits per heavy atom. The van der Waals surface area contributed by atoms with Gasteiger partial charge in [-0.2, -0.15) is 0 Å². The van der Waals surface area contributed by atoms with Gasteiger partial charge in [0.2, 0.25) is 5.91 Å². The molecule has 1 aromatic carbocycles. The van der Waals surface area contributed by atoms with Gasteiger partial charge in [-0.1, -0.05) is 18.2 Å². The molecule has 1 aliphatic carbocycles. The van der Waals surface area contributed by atoms with Crippen LogP contribution < -0.4 is 10.1 Å². The van der Waals surface area contributed by atoms with Crippen LogP contribution in [0.25, 0.3) is 0 Å². The first-order chi connectivity index (χ1) is 15.6. The van der Waals surface area contributed by atoms with Gasteiger partial charge in [0.1, 0.15) is 24.1 Å². The topological polar surface area (TPSA) is 118 Å². The van der Waals surface area contributed by atoms with Gasteiger partial charge in [-0.15, -0.1) is 0 Å². The molecule has 0 saturated carbocycles. The number of hydrogen-bond acceptors (Lipinski definition) is 7. The van der Waals surface area contributed by atoms with Crippen LogP contribution in [0, 0.1) is 0 Å². The molecule has 3 aliphatic rings. The SMILES string of the molecule is COCCN(C(=O)C1CCCO1)C1C=C(C(=O)NCCO)C2c3ccccc3OC2C1O. The number of benzene rings is 1. The lowest BCUT2D eigenvalue weighted by Gasteiger charge is -2.41. The predicted octanol–water partition coefficient (Wildman–Crippen LogP) is -0.0368. The van der Waals surface area contributed by atoms with Crippen LogP contribution in [0.2, 0.25) is 0 Å². The lowest BCUT2D eigenvalue weighted by molar-refractivity contribution is -0.147. The van der Waals surface area contributed by atoms with E-state index in [9.17, 15) is 14.7 Å². The molecule has 9 nitrogen and oxygen atoms in total. The van der Waals surface area contributed by atoms with E-state index in [2.05, 4.69) is 5.32 Å². The van der Waals surface area contributed by atoms with Crippen molar-refractivity contribution >= 4 is 11.8 Å². The zero-order valence-corrected chi connectivity index (χ0v) is 18.1. The summed E-state index contributed by atoms with van der Waals surface area (Å²) in [6, 6.07) is 6.59. The van der Waals surface area contributed by atoms with Crippen LogP contribution in [0.15, 0.2) is 35.9 Å². The standard InChI is InChI=1S/C23H30N2O7/c1-30-12-9-25(23(29)18-7-4-11-31-18)16-13-15(22(28)24-8-10-26)19-14-5-2-3-6-17(14)32-21(19)20(16)27/h2-3,5-6,13,16,18-21,26-27H,4,7-12H2,1H3,(H,24,28). The molecule has 1 fully saturated rings. The minimum atomic E-state index is -1.05. The maximum Gasteiger partial charge on any atom is 0.252 e. The van der Waals surface area contributed by atoms with Crippen LogP contribution in [0.4, 0.5) is 0 Å². The number of rotatable bonds is 8. The number of methoxy groups -OCH3 is 1. The van der Waals surface area contributed by atoms with E-state index in [0.717, 1.165) is 12.0 Å². The van der Waals surface area contributed by atoms with Crippen molar-refractivity contribution in [2.75, 3.05) is 40.0 Å². The number of nitrogens with one attached hydrogen (secondary N) is 1. The second-order valence-corrected chi connectivity index (χ2v) is 8.21. The summed E-state index contributed by atoms with van der Waals surface area (Å²) < 4.78 is 16.9. The number of carbonyl (C=O) groups excluding carboxylic acids is 2. The van der Waals surface area contributed by atoms with Gasteiger partial charge in [0, 0.05) is 37.9 Å². The van der Waals surface area contributed by atoms with E-state index in [-0.39, 0.29) is 38.1 Å². The van der Waals surface area contributed by atoms with Crippen LogP contribution >= 0.6 is 0 Å². The average Bonchev–Trinajstić information content (AvgIpc) is 3.47. The Kier molecular flexibility index (Phi) is 7.10. The van der Waals surface area contributed by atoms with Gasteiger partial charge in [-0.3, -0.25) is 9.59 Å². The molecule has 5 unspecified atom stereocenters. The Bertz CT molecular complexity index is 868. The monoisotopic (exact) mass is 446 g/mol. The molecule has 32 heavy (non-hydrogen) atoms. The fourth-order valence-corrected chi connectivity index (χ4v) is 4.74. The van der Waals surface area contributed by atoms with Gasteiger partial charge >= 0.3 is 0 Å². The molecule has 2 heterocycles. The smallest absolute Gasteiger partial charge is 0.252 e. The maximum absolute atomic E-state index is 13.3. The third-order valence-electron chi connectivity index (χ3n) is 6.26. The Morgan fingerprint density at radius 2 is 2.12 bits per heavy atom. The molecular formula is C23H30N2O7. The molecule has 0 aromatic heterocycles. The predicted molar refractivity (Wildman–Crippen MR) is 114 cm³/mol. The van der Waals surface area contributed by atoms with E-state index < -0.39 is 30.3 Å². The van der Waals surface area contributed by atoms with E-state index in [1.54, 1.807) is 19.3 Å². The number of aliphatic hydroxyl groups excluding tert-OH is 2. The number of fused-ring (bicyclic) bond motifs is 3. The molecule has 4 rings (SSSR count). The molecular weight excluding hydrogens is 416 g/mol. The molecule has 0 radical (unpaired) electrons. The highest BCUT2D eigenvalue weighted by Crippen LogP contribution is 2.47. The lowest BCUT2D eigenvalue weighted by atomic mass is 9.77. The molecule has 1 aromatic rings. The van der Waals surface area contributed by atoms with Gasteiger partial charge in [-0.25, -0.2) is 0 Å². The summed E-state index contributed by atoms with van der Waals surface area (Å²) in [6.07, 6.45) is 0.733. The summed E-state index contributed by atoms with van der Waals surface area (Å²) in [6.45, 7) is 0.949. The van der Waals surface area contributed by atoms with E-state index in [1.165, 1.54) is 4.90 Å². The molecule has 2 amide bonds. The summed E-state index contributed by atoms with van der Waals surface area (Å²) in [5, 5.41) is 23.2. The third-order valence-corrected chi connectivity index (χ3v) is 6.26. The first-order valence-electron chi connectivity index (χ1n) is 11.0. The van der Waals surface area contributed by atoms with Crippen molar-refractivity contribution in [3.63, 3.8) is 0 Å². The van der Waals surface area contributed by atoms with Crippen LogP contribution in [0.1, 0.15) is 24.3 Å². The number of hydrogen-bond donors (Lipinski definition) is 3. The highest BCUT2D eigenvalue weighted by molar-refractivity contribution is 5.96. The average molecular weight is 447 g/mol. The lowest BCUT2D eigenvalue weighted by Crippen LogP contribution is -2.58. The van der Waals surface area contributed by atoms with Crippen molar-refractivity contribution in [3.05, 3.63) is 41.5 Å².